The third-order valence-corrected chi connectivity index (χ3v) is 6.86. The van der Waals surface area contributed by atoms with Gasteiger partial charge in [0, 0.05) is 12.8 Å². The van der Waals surface area contributed by atoms with E-state index >= 15 is 0 Å². The monoisotopic (exact) mass is 700 g/mol. The number of carbonyl (C=O) groups is 6. The third-order valence-electron chi connectivity index (χ3n) is 6.86. The molecule has 2 amide bonds. The predicted octanol–water partition coefficient (Wildman–Crippen LogP) is -3.40. The molecule has 2 unspecified atom stereocenters. The van der Waals surface area contributed by atoms with Crippen molar-refractivity contribution in [3.63, 3.8) is 0 Å². The van der Waals surface area contributed by atoms with Crippen molar-refractivity contribution >= 4 is 73.4 Å². The first-order valence-electron chi connectivity index (χ1n) is 15.2. The summed E-state index contributed by atoms with van der Waals surface area (Å²) in [5, 5.41) is 63.2. The van der Waals surface area contributed by atoms with Crippen LogP contribution in [-0.2, 0) is 28.8 Å². The van der Waals surface area contributed by atoms with E-state index in [4.69, 9.17) is 20.4 Å². The molecule has 264 valence electrons. The van der Waals surface area contributed by atoms with Crippen molar-refractivity contribution in [3.8, 4) is 0 Å². The van der Waals surface area contributed by atoms with Crippen molar-refractivity contribution < 1.29 is 68.4 Å². The number of aliphatic hydroxyl groups excluding tert-OH is 2. The second kappa shape index (κ2) is 29.5. The number of rotatable bonds is 26. The standard InChI is InChI=1S/2C15H26N2O6.Ca/c2*1-2-3-4-5-6-13(19)16-7-8-17(9-10-18,11-14(20)21)12-15(22)23;/h2*2-3,18H,4-12H2,1H3,(H2-,16,19,20,21,22,23);/q;;+2/b2*3-2+;. The minimum absolute atomic E-state index is 0. The molecule has 0 aromatic carbocycles. The molecule has 0 bridgehead atoms. The van der Waals surface area contributed by atoms with Crippen LogP contribution in [0.5, 0.6) is 0 Å². The number of allylic oxidation sites excluding steroid dienone is 4. The Bertz CT molecular complexity index is 897. The van der Waals surface area contributed by atoms with Gasteiger partial charge in [-0.15, -0.1) is 0 Å². The molecule has 0 saturated heterocycles. The molecule has 0 aromatic rings. The Hall–Kier alpha value is -2.60. The van der Waals surface area contributed by atoms with Crippen LogP contribution in [0.25, 0.3) is 0 Å². The zero-order chi connectivity index (χ0) is 35.4. The molecule has 17 heteroatoms. The number of unbranched alkanes of at least 4 members (excludes halogenated alkanes) is 2. The third kappa shape index (κ3) is 28.2. The molecular formula is C30H52CaN4O12+2. The van der Waals surface area contributed by atoms with Crippen LogP contribution < -0.4 is 20.8 Å². The molecule has 0 spiro atoms. The first kappa shape index (κ1) is 48.8. The van der Waals surface area contributed by atoms with Gasteiger partial charge in [-0.25, -0.2) is 9.59 Å². The van der Waals surface area contributed by atoms with Crippen molar-refractivity contribution in [1.82, 2.24) is 10.6 Å². The smallest absolute Gasteiger partial charge is 0.544 e. The molecule has 0 heterocycles. The first-order chi connectivity index (χ1) is 21.7. The number of carboxylic acids is 4. The Labute approximate surface area is 306 Å². The molecule has 47 heavy (non-hydrogen) atoms. The van der Waals surface area contributed by atoms with Crippen molar-refractivity contribution in [2.75, 3.05) is 78.7 Å². The summed E-state index contributed by atoms with van der Waals surface area (Å²) in [6.45, 7) is 1.57. The Balaban J connectivity index is -0.000000807. The zero-order valence-electron chi connectivity index (χ0n) is 27.7. The molecule has 2 atom stereocenters. The number of aliphatic hydroxyl groups is 2. The second-order valence-electron chi connectivity index (χ2n) is 10.8. The van der Waals surface area contributed by atoms with E-state index in [1.165, 1.54) is 0 Å². The zero-order valence-corrected chi connectivity index (χ0v) is 29.9. The van der Waals surface area contributed by atoms with E-state index in [2.05, 4.69) is 10.6 Å². The van der Waals surface area contributed by atoms with Gasteiger partial charge in [0.15, 0.2) is 13.1 Å². The van der Waals surface area contributed by atoms with Gasteiger partial charge < -0.3 is 59.8 Å². The van der Waals surface area contributed by atoms with Crippen LogP contribution in [0.3, 0.4) is 0 Å². The molecule has 0 aliphatic carbocycles. The van der Waals surface area contributed by atoms with Gasteiger partial charge in [-0.2, -0.15) is 0 Å². The van der Waals surface area contributed by atoms with E-state index in [9.17, 15) is 39.0 Å². The van der Waals surface area contributed by atoms with Gasteiger partial charge >= 0.3 is 49.7 Å². The topological polar surface area (TPSA) is 254 Å². The SMILES string of the molecule is C/C=C/CCCC(=O)NCC[N+](CCO)(CC(=O)[O-])CC(=O)O.C/C=C/CCCC(=O)NCC[N+](CCO)(CC(=O)[O-])CC(=O)O.[Ca+2]. The van der Waals surface area contributed by atoms with Crippen LogP contribution in [0.15, 0.2) is 24.3 Å². The summed E-state index contributed by atoms with van der Waals surface area (Å²) in [5.41, 5.74) is 0. The summed E-state index contributed by atoms with van der Waals surface area (Å²) >= 11 is 0. The molecule has 0 aliphatic heterocycles. The van der Waals surface area contributed by atoms with E-state index in [0.717, 1.165) is 12.8 Å². The summed E-state index contributed by atoms with van der Waals surface area (Å²) < 4.78 is -0.736. The van der Waals surface area contributed by atoms with E-state index in [0.29, 0.717) is 25.7 Å². The molecule has 0 aromatic heterocycles. The van der Waals surface area contributed by atoms with Gasteiger partial charge in [0.2, 0.25) is 11.8 Å². The number of hydrogen-bond acceptors (Lipinski definition) is 10. The number of nitrogens with zero attached hydrogens (tertiary/aromatic N) is 2. The molecule has 0 fully saturated rings. The van der Waals surface area contributed by atoms with E-state index in [1.807, 2.05) is 38.2 Å². The van der Waals surface area contributed by atoms with E-state index in [1.54, 1.807) is 0 Å². The number of amides is 2. The molecular weight excluding hydrogens is 648 g/mol. The summed E-state index contributed by atoms with van der Waals surface area (Å²) in [5.74, 6) is -5.45. The van der Waals surface area contributed by atoms with Crippen molar-refractivity contribution in [2.24, 2.45) is 0 Å². The fourth-order valence-corrected chi connectivity index (χ4v) is 4.65. The summed E-state index contributed by atoms with van der Waals surface area (Å²) in [7, 11) is 0. The molecule has 6 N–H and O–H groups in total. The number of aliphatic carboxylic acids is 4. The van der Waals surface area contributed by atoms with Gasteiger partial charge in [0.25, 0.3) is 0 Å². The fourth-order valence-electron chi connectivity index (χ4n) is 4.65. The quantitative estimate of drug-likeness (QED) is 0.0224. The van der Waals surface area contributed by atoms with E-state index in [-0.39, 0.29) is 111 Å². The van der Waals surface area contributed by atoms with Crippen LogP contribution in [0.1, 0.15) is 52.4 Å². The molecule has 0 radical (unpaired) electrons. The maximum atomic E-state index is 11.7. The Morgan fingerprint density at radius 1 is 0.617 bits per heavy atom. The van der Waals surface area contributed by atoms with Crippen LogP contribution in [0, 0.1) is 0 Å². The minimum Gasteiger partial charge on any atom is -0.544 e. The van der Waals surface area contributed by atoms with Gasteiger partial charge in [-0.1, -0.05) is 24.3 Å². The number of nitrogens with one attached hydrogen (secondary N) is 2. The van der Waals surface area contributed by atoms with Crippen molar-refractivity contribution in [3.05, 3.63) is 24.3 Å². The average Bonchev–Trinajstić information content (AvgIpc) is 2.92. The summed E-state index contributed by atoms with van der Waals surface area (Å²) in [4.78, 5) is 67.0. The Morgan fingerprint density at radius 2 is 0.957 bits per heavy atom. The number of hydrogen-bond donors (Lipinski definition) is 6. The average molecular weight is 701 g/mol. The first-order valence-corrected chi connectivity index (χ1v) is 15.2. The normalized spacial score (nSPS) is 13.4. The summed E-state index contributed by atoms with van der Waals surface area (Å²) in [6.07, 6.45) is 11.5. The second-order valence-corrected chi connectivity index (χ2v) is 10.8. The van der Waals surface area contributed by atoms with Crippen molar-refractivity contribution in [2.45, 2.75) is 52.4 Å². The number of carbonyl (C=O) groups excluding carboxylic acids is 4. The molecule has 0 saturated carbocycles. The predicted molar refractivity (Wildman–Crippen MR) is 168 cm³/mol. The van der Waals surface area contributed by atoms with Crippen LogP contribution in [0.4, 0.5) is 0 Å². The largest absolute Gasteiger partial charge is 2.00 e. The maximum absolute atomic E-state index is 11.7. The molecule has 0 rings (SSSR count). The van der Waals surface area contributed by atoms with Gasteiger partial charge in [0.05, 0.1) is 51.3 Å². The van der Waals surface area contributed by atoms with E-state index < -0.39 is 50.1 Å². The Kier molecular flexibility index (Phi) is 30.7. The minimum atomic E-state index is -1.39. The van der Waals surface area contributed by atoms with Crippen LogP contribution in [0.2, 0.25) is 0 Å². The molecule has 16 nitrogen and oxygen atoms in total. The van der Waals surface area contributed by atoms with Crippen molar-refractivity contribution in [1.29, 1.82) is 0 Å². The molecule has 0 aliphatic rings. The van der Waals surface area contributed by atoms with Gasteiger partial charge in [0.1, 0.15) is 26.2 Å². The van der Waals surface area contributed by atoms with Gasteiger partial charge in [-0.05, 0) is 39.5 Å². The van der Waals surface area contributed by atoms with Crippen LogP contribution >= 0.6 is 0 Å². The maximum Gasteiger partial charge on any atom is 2.00 e. The number of carboxylic acid groups (broad SMARTS) is 4. The van der Waals surface area contributed by atoms with Gasteiger partial charge in [-0.3, -0.25) is 9.59 Å². The Morgan fingerprint density at radius 3 is 1.21 bits per heavy atom. The number of quaternary nitrogens is 2. The van der Waals surface area contributed by atoms with Crippen LogP contribution in [-0.4, -0.2) is 181 Å². The fraction of sp³-hybridized carbons (Fsp3) is 0.667. The summed E-state index contributed by atoms with van der Waals surface area (Å²) in [6, 6.07) is 0.